The van der Waals surface area contributed by atoms with Gasteiger partial charge >= 0.3 is 6.18 Å². The SMILES string of the molecule is CC1CC1CNc1ccc(C(F)(F)F)cc1C(N)=S. The number of nitrogens with one attached hydrogen (secondary N) is 1. The molecule has 1 aromatic carbocycles. The van der Waals surface area contributed by atoms with Gasteiger partial charge < -0.3 is 11.1 Å². The molecule has 1 aromatic rings. The average Bonchev–Trinajstić information content (AvgIpc) is 3.01. The molecule has 0 heterocycles. The first-order chi connectivity index (χ1) is 8.79. The fraction of sp³-hybridized carbons (Fsp3) is 0.462. The summed E-state index contributed by atoms with van der Waals surface area (Å²) in [5.41, 5.74) is 5.58. The molecule has 0 aromatic heterocycles. The lowest BCUT2D eigenvalue weighted by molar-refractivity contribution is -0.137. The highest BCUT2D eigenvalue weighted by molar-refractivity contribution is 7.80. The van der Waals surface area contributed by atoms with E-state index in [0.717, 1.165) is 25.1 Å². The largest absolute Gasteiger partial charge is 0.416 e. The zero-order chi connectivity index (χ0) is 14.2. The molecule has 2 unspecified atom stereocenters. The van der Waals surface area contributed by atoms with Gasteiger partial charge in [-0.15, -0.1) is 0 Å². The number of benzene rings is 1. The van der Waals surface area contributed by atoms with Gasteiger partial charge in [0.2, 0.25) is 0 Å². The molecular weight excluding hydrogens is 273 g/mol. The Morgan fingerprint density at radius 3 is 2.58 bits per heavy atom. The lowest BCUT2D eigenvalue weighted by atomic mass is 10.1. The number of anilines is 1. The van der Waals surface area contributed by atoms with E-state index in [1.54, 1.807) is 0 Å². The highest BCUT2D eigenvalue weighted by Gasteiger charge is 2.33. The van der Waals surface area contributed by atoms with E-state index >= 15 is 0 Å². The zero-order valence-electron chi connectivity index (χ0n) is 10.4. The van der Waals surface area contributed by atoms with Crippen LogP contribution in [0.25, 0.3) is 0 Å². The van der Waals surface area contributed by atoms with E-state index in [4.69, 9.17) is 18.0 Å². The molecule has 104 valence electrons. The summed E-state index contributed by atoms with van der Waals surface area (Å²) in [5.74, 6) is 1.26. The maximum Gasteiger partial charge on any atom is 0.416 e. The third kappa shape index (κ3) is 3.37. The summed E-state index contributed by atoms with van der Waals surface area (Å²) in [6.07, 6.45) is -3.24. The Labute approximate surface area is 115 Å². The Morgan fingerprint density at radius 2 is 2.11 bits per heavy atom. The summed E-state index contributed by atoms with van der Waals surface area (Å²) in [6.45, 7) is 2.88. The predicted octanol–water partition coefficient (Wildman–Crippen LogP) is 3.41. The van der Waals surface area contributed by atoms with Gasteiger partial charge in [-0.25, -0.2) is 0 Å². The number of alkyl halides is 3. The molecule has 6 heteroatoms. The van der Waals surface area contributed by atoms with Crippen LogP contribution in [-0.4, -0.2) is 11.5 Å². The number of thiocarbonyl (C=S) groups is 1. The minimum atomic E-state index is -4.39. The smallest absolute Gasteiger partial charge is 0.389 e. The minimum Gasteiger partial charge on any atom is -0.389 e. The van der Waals surface area contributed by atoms with E-state index in [-0.39, 0.29) is 10.6 Å². The van der Waals surface area contributed by atoms with Crippen LogP contribution in [0.15, 0.2) is 18.2 Å². The molecular formula is C13H15F3N2S. The van der Waals surface area contributed by atoms with Crippen LogP contribution in [0, 0.1) is 11.8 Å². The third-order valence-electron chi connectivity index (χ3n) is 3.44. The number of nitrogens with two attached hydrogens (primary N) is 1. The van der Waals surface area contributed by atoms with E-state index in [1.807, 2.05) is 0 Å². The molecule has 0 bridgehead atoms. The van der Waals surface area contributed by atoms with Crippen LogP contribution in [0.3, 0.4) is 0 Å². The van der Waals surface area contributed by atoms with E-state index in [2.05, 4.69) is 12.2 Å². The summed E-state index contributed by atoms with van der Waals surface area (Å²) in [5, 5.41) is 3.13. The van der Waals surface area contributed by atoms with E-state index in [1.165, 1.54) is 6.07 Å². The number of rotatable bonds is 4. The molecule has 0 spiro atoms. The molecule has 1 fully saturated rings. The summed E-state index contributed by atoms with van der Waals surface area (Å²) < 4.78 is 37.9. The fourth-order valence-electron chi connectivity index (χ4n) is 2.00. The third-order valence-corrected chi connectivity index (χ3v) is 3.66. The van der Waals surface area contributed by atoms with Crippen molar-refractivity contribution in [1.82, 2.24) is 0 Å². The van der Waals surface area contributed by atoms with Crippen molar-refractivity contribution < 1.29 is 13.2 Å². The van der Waals surface area contributed by atoms with Gasteiger partial charge in [-0.2, -0.15) is 13.2 Å². The molecule has 0 amide bonds. The Morgan fingerprint density at radius 1 is 1.47 bits per heavy atom. The van der Waals surface area contributed by atoms with E-state index in [0.29, 0.717) is 17.5 Å². The Balaban J connectivity index is 2.20. The molecule has 3 N–H and O–H groups in total. The van der Waals surface area contributed by atoms with Gasteiger partial charge in [0.05, 0.1) is 5.56 Å². The van der Waals surface area contributed by atoms with Crippen LogP contribution < -0.4 is 11.1 Å². The summed E-state index contributed by atoms with van der Waals surface area (Å²) in [4.78, 5) is -0.0301. The van der Waals surface area contributed by atoms with Crippen LogP contribution in [0.1, 0.15) is 24.5 Å². The van der Waals surface area contributed by atoms with Crippen LogP contribution in [-0.2, 0) is 6.18 Å². The summed E-state index contributed by atoms with van der Waals surface area (Å²) in [6, 6.07) is 3.44. The second kappa shape index (κ2) is 5.00. The number of halogens is 3. The second-order valence-electron chi connectivity index (χ2n) is 4.98. The second-order valence-corrected chi connectivity index (χ2v) is 5.42. The normalized spacial score (nSPS) is 22.1. The van der Waals surface area contributed by atoms with Crippen molar-refractivity contribution in [2.75, 3.05) is 11.9 Å². The highest BCUT2D eigenvalue weighted by atomic mass is 32.1. The van der Waals surface area contributed by atoms with Crippen molar-refractivity contribution in [3.05, 3.63) is 29.3 Å². The van der Waals surface area contributed by atoms with Gasteiger partial charge in [-0.3, -0.25) is 0 Å². The first-order valence-electron chi connectivity index (χ1n) is 6.04. The van der Waals surface area contributed by atoms with Gasteiger partial charge in [0.25, 0.3) is 0 Å². The predicted molar refractivity (Wildman–Crippen MR) is 73.1 cm³/mol. The van der Waals surface area contributed by atoms with Crippen molar-refractivity contribution >= 4 is 22.9 Å². The summed E-state index contributed by atoms with van der Waals surface area (Å²) in [7, 11) is 0. The van der Waals surface area contributed by atoms with E-state index < -0.39 is 11.7 Å². The van der Waals surface area contributed by atoms with Crippen molar-refractivity contribution in [1.29, 1.82) is 0 Å². The first kappa shape index (κ1) is 14.1. The molecule has 1 aliphatic rings. The first-order valence-corrected chi connectivity index (χ1v) is 6.45. The molecule has 1 saturated carbocycles. The van der Waals surface area contributed by atoms with Crippen molar-refractivity contribution in [3.8, 4) is 0 Å². The van der Waals surface area contributed by atoms with Gasteiger partial charge in [-0.05, 0) is 36.5 Å². The van der Waals surface area contributed by atoms with E-state index in [9.17, 15) is 13.2 Å². The zero-order valence-corrected chi connectivity index (χ0v) is 11.2. The quantitative estimate of drug-likeness (QED) is 0.834. The Hall–Kier alpha value is -1.30. The Bertz CT molecular complexity index is 499. The molecule has 19 heavy (non-hydrogen) atoms. The minimum absolute atomic E-state index is 0.0301. The van der Waals surface area contributed by atoms with Crippen LogP contribution in [0.4, 0.5) is 18.9 Å². The number of hydrogen-bond donors (Lipinski definition) is 2. The lowest BCUT2D eigenvalue weighted by Crippen LogP contribution is -2.16. The lowest BCUT2D eigenvalue weighted by Gasteiger charge is -2.14. The van der Waals surface area contributed by atoms with Crippen LogP contribution in [0.5, 0.6) is 0 Å². The monoisotopic (exact) mass is 288 g/mol. The highest BCUT2D eigenvalue weighted by Crippen LogP contribution is 2.38. The van der Waals surface area contributed by atoms with Crippen molar-refractivity contribution in [2.24, 2.45) is 17.6 Å². The average molecular weight is 288 g/mol. The van der Waals surface area contributed by atoms with Gasteiger partial charge in [0, 0.05) is 17.8 Å². The van der Waals surface area contributed by atoms with Crippen LogP contribution in [0.2, 0.25) is 0 Å². The number of hydrogen-bond acceptors (Lipinski definition) is 2. The molecule has 1 aliphatic carbocycles. The van der Waals surface area contributed by atoms with Gasteiger partial charge in [0.1, 0.15) is 4.99 Å². The molecule has 0 aliphatic heterocycles. The van der Waals surface area contributed by atoms with Crippen LogP contribution >= 0.6 is 12.2 Å². The molecule has 2 rings (SSSR count). The van der Waals surface area contributed by atoms with Crippen molar-refractivity contribution in [2.45, 2.75) is 19.5 Å². The van der Waals surface area contributed by atoms with Gasteiger partial charge in [-0.1, -0.05) is 19.1 Å². The molecule has 0 saturated heterocycles. The fourth-order valence-corrected chi connectivity index (χ4v) is 2.17. The maximum absolute atomic E-state index is 12.6. The Kier molecular flexibility index (Phi) is 3.71. The molecule has 2 atom stereocenters. The molecule has 0 radical (unpaired) electrons. The molecule has 2 nitrogen and oxygen atoms in total. The maximum atomic E-state index is 12.6. The topological polar surface area (TPSA) is 38.0 Å². The summed E-state index contributed by atoms with van der Waals surface area (Å²) >= 11 is 4.82. The van der Waals surface area contributed by atoms with Gasteiger partial charge in [0.15, 0.2) is 0 Å². The van der Waals surface area contributed by atoms with Crippen molar-refractivity contribution in [3.63, 3.8) is 0 Å². The standard InChI is InChI=1S/C13H15F3N2S/c1-7-4-8(7)6-18-11-3-2-9(13(14,15)16)5-10(11)12(17)19/h2-3,5,7-8,18H,4,6H2,1H3,(H2,17,19).